The molecule has 222 valence electrons. The first-order chi connectivity index (χ1) is 19.3. The van der Waals surface area contributed by atoms with Gasteiger partial charge in [0.1, 0.15) is 12.7 Å². The Balaban J connectivity index is 0.00000256. The van der Waals surface area contributed by atoms with Gasteiger partial charge in [0.05, 0.1) is 10.8 Å². The standard InChI is InChI=1S/C31H39N3O6.ClH/c32-23-1-2-34-26-25(40-29(34)33-23)24(39-28(36)31-12-19-6-20(13-31)8-21(7-19)14-31)22(38-26)15-37-27(35)30-9-16-3-17(10-30)5-18(4-16)11-30;/h1-2,16-22,24-26,32H,3-15H2;1H/t16?,17?,18?,19?,20?,21?,22-,24-,25+,26-,30?,31?;/m1./s1. The normalized spacial score (nSPS) is 47.3. The fourth-order valence-corrected chi connectivity index (χ4v) is 11.4. The Morgan fingerprint density at radius 1 is 0.878 bits per heavy atom. The van der Waals surface area contributed by atoms with E-state index in [4.69, 9.17) is 24.4 Å². The molecule has 9 nitrogen and oxygen atoms in total. The van der Waals surface area contributed by atoms with Crippen molar-refractivity contribution in [2.45, 2.75) is 102 Å². The van der Waals surface area contributed by atoms with Crippen molar-refractivity contribution in [2.24, 2.45) is 46.3 Å². The van der Waals surface area contributed by atoms with Gasteiger partial charge < -0.3 is 18.9 Å². The molecule has 10 aliphatic rings. The van der Waals surface area contributed by atoms with Crippen molar-refractivity contribution < 1.29 is 28.5 Å². The number of aromatic nitrogens is 2. The first kappa shape index (κ1) is 26.5. The van der Waals surface area contributed by atoms with Gasteiger partial charge in [-0.15, -0.1) is 12.4 Å². The van der Waals surface area contributed by atoms with Crippen LogP contribution in [0.1, 0.15) is 83.3 Å². The zero-order valence-electron chi connectivity index (χ0n) is 23.4. The predicted molar refractivity (Wildman–Crippen MR) is 146 cm³/mol. The van der Waals surface area contributed by atoms with E-state index in [2.05, 4.69) is 4.98 Å². The summed E-state index contributed by atoms with van der Waals surface area (Å²) >= 11 is 0. The first-order valence-electron chi connectivity index (χ1n) is 15.7. The van der Waals surface area contributed by atoms with Crippen molar-refractivity contribution >= 4 is 24.3 Å². The minimum atomic E-state index is -0.703. The van der Waals surface area contributed by atoms with Crippen LogP contribution in [0.5, 0.6) is 6.01 Å². The molecule has 1 aromatic heterocycles. The van der Waals surface area contributed by atoms with E-state index in [1.165, 1.54) is 38.5 Å². The molecule has 8 aliphatic carbocycles. The number of esters is 2. The average Bonchev–Trinajstić information content (AvgIpc) is 3.41. The second kappa shape index (κ2) is 9.18. The quantitative estimate of drug-likeness (QED) is 0.512. The van der Waals surface area contributed by atoms with E-state index in [1.807, 2.05) is 0 Å². The van der Waals surface area contributed by atoms with Crippen molar-refractivity contribution in [3.63, 3.8) is 0 Å². The largest absolute Gasteiger partial charge is 0.462 e. The molecule has 1 aromatic rings. The maximum Gasteiger partial charge on any atom is 0.312 e. The Morgan fingerprint density at radius 3 is 1.93 bits per heavy atom. The van der Waals surface area contributed by atoms with E-state index in [-0.39, 0.29) is 41.9 Å². The van der Waals surface area contributed by atoms with Crippen LogP contribution in [-0.4, -0.2) is 46.4 Å². The molecule has 10 heteroatoms. The number of nitrogens with one attached hydrogen (secondary N) is 1. The van der Waals surface area contributed by atoms with Gasteiger partial charge in [0.15, 0.2) is 23.9 Å². The third-order valence-corrected chi connectivity index (χ3v) is 12.2. The Kier molecular flexibility index (Phi) is 5.93. The minimum absolute atomic E-state index is 0. The molecule has 4 atom stereocenters. The zero-order chi connectivity index (χ0) is 26.8. The second-order valence-corrected chi connectivity index (χ2v) is 15.0. The maximum atomic E-state index is 14.0. The number of hydrogen-bond acceptors (Lipinski definition) is 8. The molecule has 2 aliphatic heterocycles. The minimum Gasteiger partial charge on any atom is -0.462 e. The van der Waals surface area contributed by atoms with Crippen molar-refractivity contribution in [2.75, 3.05) is 6.61 Å². The molecular weight excluding hydrogens is 546 g/mol. The van der Waals surface area contributed by atoms with Gasteiger partial charge in [0.25, 0.3) is 0 Å². The molecule has 8 bridgehead atoms. The molecule has 1 N–H and O–H groups in total. The van der Waals surface area contributed by atoms with Crippen molar-refractivity contribution in [3.05, 3.63) is 17.8 Å². The molecule has 0 unspecified atom stereocenters. The SMILES string of the molecule is Cl.N=c1ccn2c(n1)O[C@H]1[C@H](OC(=O)C34CC5CC(CC(C5)C3)C4)[C@@H](COC(=O)C34CC5CC(CC(C5)C3)C4)O[C@H]12. The monoisotopic (exact) mass is 585 g/mol. The highest BCUT2D eigenvalue weighted by Crippen LogP contribution is 2.62. The fraction of sp³-hybridized carbons (Fsp3) is 0.806. The van der Waals surface area contributed by atoms with Crippen molar-refractivity contribution in [3.8, 4) is 6.01 Å². The molecule has 0 radical (unpaired) electrons. The third-order valence-electron chi connectivity index (χ3n) is 12.2. The zero-order valence-corrected chi connectivity index (χ0v) is 24.2. The van der Waals surface area contributed by atoms with Crippen LogP contribution in [0.15, 0.2) is 12.3 Å². The number of hydrogen-bond donors (Lipinski definition) is 1. The molecule has 8 saturated carbocycles. The predicted octanol–water partition coefficient (Wildman–Crippen LogP) is 4.33. The number of rotatable bonds is 5. The lowest BCUT2D eigenvalue weighted by Crippen LogP contribution is -2.53. The first-order valence-corrected chi connectivity index (χ1v) is 15.7. The van der Waals surface area contributed by atoms with Crippen LogP contribution in [0.4, 0.5) is 0 Å². The Morgan fingerprint density at radius 2 is 1.39 bits per heavy atom. The average molecular weight is 586 g/mol. The van der Waals surface area contributed by atoms with E-state index in [9.17, 15) is 9.59 Å². The van der Waals surface area contributed by atoms with Crippen LogP contribution in [0.3, 0.4) is 0 Å². The molecule has 41 heavy (non-hydrogen) atoms. The Bertz CT molecular complexity index is 1260. The lowest BCUT2D eigenvalue weighted by atomic mass is 9.49. The summed E-state index contributed by atoms with van der Waals surface area (Å²) in [6.45, 7) is 0.0512. The van der Waals surface area contributed by atoms with E-state index < -0.39 is 30.0 Å². The summed E-state index contributed by atoms with van der Waals surface area (Å²) in [5.74, 6) is 3.65. The summed E-state index contributed by atoms with van der Waals surface area (Å²) in [4.78, 5) is 31.8. The highest BCUT2D eigenvalue weighted by molar-refractivity contribution is 5.85. The van der Waals surface area contributed by atoms with Gasteiger partial charge in [-0.2, -0.15) is 4.98 Å². The fourth-order valence-electron chi connectivity index (χ4n) is 11.4. The highest BCUT2D eigenvalue weighted by atomic mass is 35.5. The number of ether oxygens (including phenoxy) is 4. The van der Waals surface area contributed by atoms with E-state index >= 15 is 0 Å². The van der Waals surface area contributed by atoms with Gasteiger partial charge in [-0.3, -0.25) is 19.6 Å². The molecule has 0 spiro atoms. The number of carbonyl (C=O) groups is 2. The van der Waals surface area contributed by atoms with E-state index in [1.54, 1.807) is 16.8 Å². The summed E-state index contributed by atoms with van der Waals surface area (Å²) in [6, 6.07) is 1.89. The van der Waals surface area contributed by atoms with Crippen molar-refractivity contribution in [1.82, 2.24) is 9.55 Å². The van der Waals surface area contributed by atoms with Gasteiger partial charge in [-0.05, 0) is 119 Å². The molecular formula is C31H40ClN3O6. The third kappa shape index (κ3) is 4.04. The lowest BCUT2D eigenvalue weighted by Gasteiger charge is -2.55. The van der Waals surface area contributed by atoms with Crippen LogP contribution in [0.2, 0.25) is 0 Å². The van der Waals surface area contributed by atoms with Crippen LogP contribution >= 0.6 is 12.4 Å². The smallest absolute Gasteiger partial charge is 0.312 e. The van der Waals surface area contributed by atoms with Crippen LogP contribution in [-0.2, 0) is 23.8 Å². The van der Waals surface area contributed by atoms with Gasteiger partial charge in [0, 0.05) is 6.20 Å². The summed E-state index contributed by atoms with van der Waals surface area (Å²) < 4.78 is 26.8. The van der Waals surface area contributed by atoms with Crippen LogP contribution < -0.4 is 10.2 Å². The Hall–Kier alpha value is -2.13. The molecule has 0 amide bonds. The van der Waals surface area contributed by atoms with E-state index in [0.29, 0.717) is 41.5 Å². The second-order valence-electron chi connectivity index (χ2n) is 15.0. The van der Waals surface area contributed by atoms with Gasteiger partial charge >= 0.3 is 17.9 Å². The van der Waals surface area contributed by atoms with Gasteiger partial charge in [-0.25, -0.2) is 0 Å². The summed E-state index contributed by atoms with van der Waals surface area (Å²) in [7, 11) is 0. The molecule has 9 fully saturated rings. The summed E-state index contributed by atoms with van der Waals surface area (Å²) in [5, 5.41) is 7.90. The number of halogens is 1. The number of fused-ring (bicyclic) bond motifs is 3. The maximum absolute atomic E-state index is 14.0. The van der Waals surface area contributed by atoms with Crippen LogP contribution in [0.25, 0.3) is 0 Å². The van der Waals surface area contributed by atoms with Crippen LogP contribution in [0, 0.1) is 51.7 Å². The van der Waals surface area contributed by atoms with Gasteiger partial charge in [-0.1, -0.05) is 0 Å². The van der Waals surface area contributed by atoms with Gasteiger partial charge in [0.2, 0.25) is 0 Å². The van der Waals surface area contributed by atoms with Crippen molar-refractivity contribution in [1.29, 1.82) is 5.41 Å². The van der Waals surface area contributed by atoms with E-state index in [0.717, 1.165) is 38.5 Å². The molecule has 0 aromatic carbocycles. The Labute approximate surface area is 246 Å². The number of carbonyl (C=O) groups excluding carboxylic acids is 2. The molecule has 3 heterocycles. The topological polar surface area (TPSA) is 113 Å². The molecule has 1 saturated heterocycles. The molecule has 11 rings (SSSR count). The summed E-state index contributed by atoms with van der Waals surface area (Å²) in [5.41, 5.74) is -0.645. The number of nitrogens with zero attached hydrogens (tertiary/aromatic N) is 2. The summed E-state index contributed by atoms with van der Waals surface area (Å²) in [6.07, 6.45) is 12.5. The highest BCUT2D eigenvalue weighted by Gasteiger charge is 2.60. The lowest BCUT2D eigenvalue weighted by molar-refractivity contribution is -0.187.